The van der Waals surface area contributed by atoms with Gasteiger partial charge in [-0.3, -0.25) is 4.72 Å². The third-order valence-corrected chi connectivity index (χ3v) is 5.67. The molecule has 3 aromatic rings. The summed E-state index contributed by atoms with van der Waals surface area (Å²) in [5.41, 5.74) is 7.90. The van der Waals surface area contributed by atoms with Crippen molar-refractivity contribution < 1.29 is 17.9 Å². The van der Waals surface area contributed by atoms with E-state index in [4.69, 9.17) is 10.5 Å². The maximum Gasteiger partial charge on any atom is 0.357 e. The van der Waals surface area contributed by atoms with Crippen LogP contribution in [0, 0.1) is 18.3 Å². The van der Waals surface area contributed by atoms with Crippen molar-refractivity contribution in [2.75, 3.05) is 17.6 Å². The van der Waals surface area contributed by atoms with Gasteiger partial charge < -0.3 is 15.0 Å². The number of nitriles is 1. The van der Waals surface area contributed by atoms with E-state index in [1.165, 1.54) is 42.1 Å². The average molecular weight is 410 g/mol. The van der Waals surface area contributed by atoms with E-state index in [-0.39, 0.29) is 21.8 Å². The Morgan fingerprint density at radius 2 is 1.76 bits per heavy atom. The van der Waals surface area contributed by atoms with E-state index in [1.807, 2.05) is 13.0 Å². The van der Waals surface area contributed by atoms with Crippen LogP contribution in [-0.2, 0) is 14.8 Å². The molecule has 0 amide bonds. The zero-order valence-electron chi connectivity index (χ0n) is 15.7. The minimum absolute atomic E-state index is 0.00237. The molecule has 3 rings (SSSR count). The largest absolute Gasteiger partial charge is 0.464 e. The lowest BCUT2D eigenvalue weighted by Crippen LogP contribution is -2.13. The highest BCUT2D eigenvalue weighted by atomic mass is 32.2. The van der Waals surface area contributed by atoms with Gasteiger partial charge in [0.05, 0.1) is 23.3 Å². The summed E-state index contributed by atoms with van der Waals surface area (Å²) in [6, 6.07) is 14.7. The van der Waals surface area contributed by atoms with Crippen molar-refractivity contribution in [3.8, 4) is 11.8 Å². The molecule has 0 bridgehead atoms. The zero-order valence-corrected chi connectivity index (χ0v) is 16.5. The number of carbonyl (C=O) groups is 1. The number of nitrogens with two attached hydrogens (primary N) is 1. The molecule has 1 heterocycles. The highest BCUT2D eigenvalue weighted by Crippen LogP contribution is 2.26. The third kappa shape index (κ3) is 3.93. The molecule has 0 aliphatic rings. The molecule has 29 heavy (non-hydrogen) atoms. The second-order valence-electron chi connectivity index (χ2n) is 6.24. The molecule has 8 nitrogen and oxygen atoms in total. The van der Waals surface area contributed by atoms with E-state index in [0.29, 0.717) is 11.4 Å². The van der Waals surface area contributed by atoms with E-state index in [2.05, 4.69) is 4.72 Å². The van der Waals surface area contributed by atoms with Gasteiger partial charge in [0.2, 0.25) is 0 Å². The fourth-order valence-electron chi connectivity index (χ4n) is 2.74. The van der Waals surface area contributed by atoms with Crippen LogP contribution in [0.1, 0.15) is 21.6 Å². The maximum atomic E-state index is 12.6. The number of rotatable bonds is 5. The van der Waals surface area contributed by atoms with Gasteiger partial charge in [0.15, 0.2) is 5.69 Å². The summed E-state index contributed by atoms with van der Waals surface area (Å²) in [6.45, 7) is 1.91. The molecular weight excluding hydrogens is 392 g/mol. The molecule has 3 N–H and O–H groups in total. The lowest BCUT2D eigenvalue weighted by Gasteiger charge is -2.11. The number of nitrogens with zero attached hydrogens (tertiary/aromatic N) is 2. The summed E-state index contributed by atoms with van der Waals surface area (Å²) in [7, 11) is -2.59. The summed E-state index contributed by atoms with van der Waals surface area (Å²) in [5, 5.41) is 9.18. The van der Waals surface area contributed by atoms with Crippen LogP contribution >= 0.6 is 0 Å². The maximum absolute atomic E-state index is 12.6. The lowest BCUT2D eigenvalue weighted by atomic mass is 10.2. The van der Waals surface area contributed by atoms with Gasteiger partial charge in [0, 0.05) is 17.6 Å². The van der Waals surface area contributed by atoms with Crippen LogP contribution < -0.4 is 10.5 Å². The van der Waals surface area contributed by atoms with E-state index in [9.17, 15) is 18.5 Å². The number of nitrogen functional groups attached to an aromatic ring is 1. The monoisotopic (exact) mass is 410 g/mol. The molecule has 0 saturated heterocycles. The van der Waals surface area contributed by atoms with E-state index >= 15 is 0 Å². The van der Waals surface area contributed by atoms with Crippen molar-refractivity contribution in [3.63, 3.8) is 0 Å². The molecular formula is C20H18N4O4S. The fourth-order valence-corrected chi connectivity index (χ4v) is 3.80. The first-order chi connectivity index (χ1) is 13.8. The van der Waals surface area contributed by atoms with Gasteiger partial charge in [0.1, 0.15) is 6.07 Å². The Labute approximate surface area is 168 Å². The van der Waals surface area contributed by atoms with Crippen molar-refractivity contribution in [1.82, 2.24) is 4.57 Å². The second-order valence-corrected chi connectivity index (χ2v) is 7.93. The first-order valence-electron chi connectivity index (χ1n) is 8.46. The van der Waals surface area contributed by atoms with Gasteiger partial charge in [-0.25, -0.2) is 13.2 Å². The summed E-state index contributed by atoms with van der Waals surface area (Å²) < 4.78 is 33.8. The number of aromatic nitrogens is 1. The molecule has 0 spiro atoms. The normalized spacial score (nSPS) is 10.9. The topological polar surface area (TPSA) is 127 Å². The van der Waals surface area contributed by atoms with Crippen molar-refractivity contribution in [2.45, 2.75) is 11.8 Å². The van der Waals surface area contributed by atoms with Crippen LogP contribution in [0.15, 0.2) is 59.6 Å². The standard InChI is InChI=1S/C20H18N4O4S/c1-13-3-5-15(6-4-13)23-29(26,27)17-9-7-16(8-10-17)24-12-14(11-21)18(22)19(24)20(25)28-2/h3-10,12,23H,22H2,1-2H3. The molecule has 2 aromatic carbocycles. The molecule has 0 fully saturated rings. The molecule has 0 unspecified atom stereocenters. The quantitative estimate of drug-likeness (QED) is 0.623. The zero-order chi connectivity index (χ0) is 21.2. The fraction of sp³-hybridized carbons (Fsp3) is 0.100. The summed E-state index contributed by atoms with van der Waals surface area (Å²) in [6.07, 6.45) is 1.40. The number of esters is 1. The number of ether oxygens (including phenoxy) is 1. The lowest BCUT2D eigenvalue weighted by molar-refractivity contribution is 0.0593. The minimum atomic E-state index is -3.79. The third-order valence-electron chi connectivity index (χ3n) is 4.27. The van der Waals surface area contributed by atoms with Gasteiger partial charge in [0.25, 0.3) is 10.0 Å². The first-order valence-corrected chi connectivity index (χ1v) is 9.94. The number of aryl methyl sites for hydroxylation is 1. The Morgan fingerprint density at radius 1 is 1.14 bits per heavy atom. The smallest absolute Gasteiger partial charge is 0.357 e. The van der Waals surface area contributed by atoms with E-state index in [1.54, 1.807) is 24.3 Å². The number of nitrogens with one attached hydrogen (secondary N) is 1. The second kappa shape index (κ2) is 7.69. The van der Waals surface area contributed by atoms with E-state index in [0.717, 1.165) is 5.56 Å². The number of anilines is 2. The molecule has 0 aliphatic carbocycles. The van der Waals surface area contributed by atoms with Crippen LogP contribution in [0.5, 0.6) is 0 Å². The van der Waals surface area contributed by atoms with Crippen LogP contribution in [0.2, 0.25) is 0 Å². The van der Waals surface area contributed by atoms with Crippen molar-refractivity contribution >= 4 is 27.4 Å². The summed E-state index contributed by atoms with van der Waals surface area (Å²) in [5.74, 6) is -0.707. The van der Waals surface area contributed by atoms with Crippen molar-refractivity contribution in [3.05, 3.63) is 71.5 Å². The highest BCUT2D eigenvalue weighted by molar-refractivity contribution is 7.92. The van der Waals surface area contributed by atoms with Crippen molar-refractivity contribution in [1.29, 1.82) is 5.26 Å². The predicted molar refractivity (Wildman–Crippen MR) is 108 cm³/mol. The molecule has 9 heteroatoms. The number of hydrogen-bond donors (Lipinski definition) is 2. The number of methoxy groups -OCH3 is 1. The Morgan fingerprint density at radius 3 is 2.31 bits per heavy atom. The van der Waals surface area contributed by atoms with Crippen LogP contribution in [0.4, 0.5) is 11.4 Å². The van der Waals surface area contributed by atoms with Gasteiger partial charge in [-0.1, -0.05) is 17.7 Å². The number of benzene rings is 2. The Bertz CT molecular complexity index is 1210. The number of hydrogen-bond acceptors (Lipinski definition) is 6. The van der Waals surface area contributed by atoms with Gasteiger partial charge in [-0.05, 0) is 43.3 Å². The number of carbonyl (C=O) groups excluding carboxylic acids is 1. The van der Waals surface area contributed by atoms with Crippen LogP contribution in [0.25, 0.3) is 5.69 Å². The Hall–Kier alpha value is -3.77. The molecule has 0 saturated carbocycles. The summed E-state index contributed by atoms with van der Waals surface area (Å²) >= 11 is 0. The molecule has 0 radical (unpaired) electrons. The highest BCUT2D eigenvalue weighted by Gasteiger charge is 2.22. The predicted octanol–water partition coefficient (Wildman–Crippen LogP) is 2.83. The molecule has 1 aromatic heterocycles. The van der Waals surface area contributed by atoms with Gasteiger partial charge >= 0.3 is 5.97 Å². The molecule has 0 aliphatic heterocycles. The Balaban J connectivity index is 1.96. The van der Waals surface area contributed by atoms with Crippen LogP contribution in [0.3, 0.4) is 0 Å². The van der Waals surface area contributed by atoms with E-state index < -0.39 is 16.0 Å². The Kier molecular flexibility index (Phi) is 5.30. The molecule has 148 valence electrons. The first kappa shape index (κ1) is 20.0. The minimum Gasteiger partial charge on any atom is -0.464 e. The number of sulfonamides is 1. The SMILES string of the molecule is COC(=O)c1c(N)c(C#N)cn1-c1ccc(S(=O)(=O)Nc2ccc(C)cc2)cc1. The van der Waals surface area contributed by atoms with Gasteiger partial charge in [-0.2, -0.15) is 5.26 Å². The average Bonchev–Trinajstić information content (AvgIpc) is 3.05. The van der Waals surface area contributed by atoms with Crippen LogP contribution in [-0.4, -0.2) is 26.1 Å². The molecule has 0 atom stereocenters. The van der Waals surface area contributed by atoms with Crippen molar-refractivity contribution in [2.24, 2.45) is 0 Å². The summed E-state index contributed by atoms with van der Waals surface area (Å²) in [4.78, 5) is 12.1. The van der Waals surface area contributed by atoms with Gasteiger partial charge in [-0.15, -0.1) is 0 Å².